The Bertz CT molecular complexity index is 94.9. The molecule has 1 heterocycles. The van der Waals surface area contributed by atoms with Gasteiger partial charge in [-0.15, -0.1) is 0 Å². The molecule has 40 valence electrons. The predicted octanol–water partition coefficient (Wildman–Crippen LogP) is -0.908. The summed E-state index contributed by atoms with van der Waals surface area (Å²) in [5.41, 5.74) is 5.10. The molecule has 0 bridgehead atoms. The Morgan fingerprint density at radius 3 is 2.86 bits per heavy atom. The van der Waals surface area contributed by atoms with E-state index in [1.807, 2.05) is 0 Å². The maximum absolute atomic E-state index is 10.3. The average molecular weight is 118 g/mol. The smallest absolute Gasteiger partial charge is 0.205 e. The van der Waals surface area contributed by atoms with Crippen molar-refractivity contribution in [3.8, 4) is 0 Å². The molecule has 0 aliphatic carbocycles. The van der Waals surface area contributed by atoms with Crippen molar-refractivity contribution in [3.63, 3.8) is 0 Å². The van der Waals surface area contributed by atoms with Crippen molar-refractivity contribution < 1.29 is 4.79 Å². The molecule has 0 spiro atoms. The van der Waals surface area contributed by atoms with E-state index in [4.69, 9.17) is 5.73 Å². The Morgan fingerprint density at radius 2 is 2.71 bits per heavy atom. The lowest BCUT2D eigenvalue weighted by molar-refractivity contribution is -0.109. The lowest BCUT2D eigenvalue weighted by atomic mass is 10.7. The number of nitrogens with one attached hydrogen (secondary N) is 1. The van der Waals surface area contributed by atoms with Gasteiger partial charge >= 0.3 is 0 Å². The molecule has 0 aromatic rings. The van der Waals surface area contributed by atoms with Crippen LogP contribution in [0.2, 0.25) is 0 Å². The molecule has 0 saturated carbocycles. The SMILES string of the molecule is NC1NCC(=O)S1. The first-order valence-electron chi connectivity index (χ1n) is 1.97. The van der Waals surface area contributed by atoms with Gasteiger partial charge in [0.15, 0.2) is 0 Å². The van der Waals surface area contributed by atoms with Crippen LogP contribution in [0.5, 0.6) is 0 Å². The van der Waals surface area contributed by atoms with Crippen molar-refractivity contribution in [1.29, 1.82) is 0 Å². The first-order chi connectivity index (χ1) is 3.29. The first kappa shape index (κ1) is 5.08. The number of hydrogen-bond donors (Lipinski definition) is 2. The second-order valence-corrected chi connectivity index (χ2v) is 2.49. The summed E-state index contributed by atoms with van der Waals surface area (Å²) in [7, 11) is 0. The number of thioether (sulfide) groups is 1. The van der Waals surface area contributed by atoms with Crippen LogP contribution in [0.1, 0.15) is 0 Å². The van der Waals surface area contributed by atoms with Crippen LogP contribution in [-0.4, -0.2) is 17.2 Å². The molecule has 0 radical (unpaired) electrons. The van der Waals surface area contributed by atoms with E-state index in [2.05, 4.69) is 5.32 Å². The number of hydrogen-bond acceptors (Lipinski definition) is 4. The van der Waals surface area contributed by atoms with Gasteiger partial charge in [-0.1, -0.05) is 11.8 Å². The van der Waals surface area contributed by atoms with Crippen molar-refractivity contribution in [2.24, 2.45) is 5.73 Å². The second kappa shape index (κ2) is 1.81. The standard InChI is InChI=1S/C3H6N2OS/c4-3-5-1-2(6)7-3/h3,5H,1,4H2. The molecular weight excluding hydrogens is 112 g/mol. The highest BCUT2D eigenvalue weighted by atomic mass is 32.2. The van der Waals surface area contributed by atoms with Gasteiger partial charge in [0.25, 0.3) is 0 Å². The zero-order valence-electron chi connectivity index (χ0n) is 3.68. The predicted molar refractivity (Wildman–Crippen MR) is 28.6 cm³/mol. The third kappa shape index (κ3) is 1.15. The highest BCUT2D eigenvalue weighted by Gasteiger charge is 2.16. The summed E-state index contributed by atoms with van der Waals surface area (Å²) >= 11 is 1.15. The van der Waals surface area contributed by atoms with Crippen molar-refractivity contribution in [3.05, 3.63) is 0 Å². The molecule has 1 saturated heterocycles. The molecule has 1 unspecified atom stereocenters. The summed E-state index contributed by atoms with van der Waals surface area (Å²) in [5.74, 6) is 0. The van der Waals surface area contributed by atoms with E-state index in [1.54, 1.807) is 0 Å². The van der Waals surface area contributed by atoms with E-state index in [0.717, 1.165) is 11.8 Å². The normalized spacial score (nSPS) is 31.6. The first-order valence-corrected chi connectivity index (χ1v) is 2.85. The van der Waals surface area contributed by atoms with Crippen LogP contribution in [0.3, 0.4) is 0 Å². The van der Waals surface area contributed by atoms with Gasteiger partial charge in [0, 0.05) is 0 Å². The molecule has 1 rings (SSSR count). The molecule has 1 aliphatic rings. The summed E-state index contributed by atoms with van der Waals surface area (Å²) in [4.78, 5) is 10.3. The third-order valence-corrected chi connectivity index (χ3v) is 1.53. The molecule has 3 N–H and O–H groups in total. The minimum Gasteiger partial charge on any atom is -0.307 e. The summed E-state index contributed by atoms with van der Waals surface area (Å²) in [6, 6.07) is 0. The molecular formula is C3H6N2OS. The average Bonchev–Trinajstić information content (AvgIpc) is 1.87. The molecule has 1 atom stereocenters. The lowest BCUT2D eigenvalue weighted by Crippen LogP contribution is -2.28. The van der Waals surface area contributed by atoms with Gasteiger partial charge in [-0.05, 0) is 0 Å². The van der Waals surface area contributed by atoms with E-state index in [9.17, 15) is 4.79 Å². The molecule has 0 aromatic heterocycles. The van der Waals surface area contributed by atoms with E-state index >= 15 is 0 Å². The van der Waals surface area contributed by atoms with Crippen LogP contribution in [0.25, 0.3) is 0 Å². The van der Waals surface area contributed by atoms with Gasteiger partial charge in [-0.25, -0.2) is 0 Å². The maximum atomic E-state index is 10.3. The Kier molecular flexibility index (Phi) is 1.32. The van der Waals surface area contributed by atoms with E-state index < -0.39 is 0 Å². The fourth-order valence-corrected chi connectivity index (χ4v) is 1.03. The fraction of sp³-hybridized carbons (Fsp3) is 0.667. The third-order valence-electron chi connectivity index (χ3n) is 0.706. The van der Waals surface area contributed by atoms with Gasteiger partial charge in [0.1, 0.15) is 5.50 Å². The summed E-state index contributed by atoms with van der Waals surface area (Å²) in [6.45, 7) is 0.422. The van der Waals surface area contributed by atoms with Crippen molar-refractivity contribution in [1.82, 2.24) is 5.32 Å². The van der Waals surface area contributed by atoms with Crippen LogP contribution in [0.15, 0.2) is 0 Å². The van der Waals surface area contributed by atoms with E-state index in [0.29, 0.717) is 6.54 Å². The summed E-state index contributed by atoms with van der Waals surface area (Å²) < 4.78 is 0. The minimum absolute atomic E-state index is 0.132. The number of carbonyl (C=O) groups is 1. The zero-order valence-corrected chi connectivity index (χ0v) is 4.49. The summed E-state index contributed by atoms with van der Waals surface area (Å²) in [5, 5.41) is 2.89. The Hall–Kier alpha value is -0.0600. The number of carbonyl (C=O) groups excluding carboxylic acids is 1. The maximum Gasteiger partial charge on any atom is 0.205 e. The van der Waals surface area contributed by atoms with Gasteiger partial charge < -0.3 is 5.73 Å². The van der Waals surface area contributed by atoms with Crippen LogP contribution < -0.4 is 11.1 Å². The molecule has 3 nitrogen and oxygen atoms in total. The quantitative estimate of drug-likeness (QED) is 0.432. The van der Waals surface area contributed by atoms with Crippen LogP contribution >= 0.6 is 11.8 Å². The Morgan fingerprint density at radius 1 is 2.00 bits per heavy atom. The van der Waals surface area contributed by atoms with Gasteiger partial charge in [0.2, 0.25) is 5.12 Å². The zero-order chi connectivity index (χ0) is 5.28. The van der Waals surface area contributed by atoms with Crippen LogP contribution in [0.4, 0.5) is 0 Å². The highest BCUT2D eigenvalue weighted by Crippen LogP contribution is 2.09. The molecule has 0 amide bonds. The molecule has 0 aromatic carbocycles. The molecule has 4 heteroatoms. The largest absolute Gasteiger partial charge is 0.307 e. The highest BCUT2D eigenvalue weighted by molar-refractivity contribution is 8.14. The fourth-order valence-electron chi connectivity index (χ4n) is 0.409. The van der Waals surface area contributed by atoms with E-state index in [1.165, 1.54) is 0 Å². The minimum atomic E-state index is -0.160. The van der Waals surface area contributed by atoms with Crippen LogP contribution in [0, 0.1) is 0 Å². The van der Waals surface area contributed by atoms with Crippen molar-refractivity contribution in [2.45, 2.75) is 5.50 Å². The second-order valence-electron chi connectivity index (χ2n) is 1.29. The Balaban J connectivity index is 2.40. The van der Waals surface area contributed by atoms with Crippen molar-refractivity contribution >= 4 is 16.9 Å². The van der Waals surface area contributed by atoms with Gasteiger partial charge in [-0.3, -0.25) is 10.1 Å². The van der Waals surface area contributed by atoms with Crippen molar-refractivity contribution in [2.75, 3.05) is 6.54 Å². The molecule has 7 heavy (non-hydrogen) atoms. The van der Waals surface area contributed by atoms with E-state index in [-0.39, 0.29) is 10.6 Å². The number of rotatable bonds is 0. The van der Waals surface area contributed by atoms with Gasteiger partial charge in [-0.2, -0.15) is 0 Å². The Labute approximate surface area is 45.6 Å². The van der Waals surface area contributed by atoms with Gasteiger partial charge in [0.05, 0.1) is 6.54 Å². The monoisotopic (exact) mass is 118 g/mol. The molecule has 1 aliphatic heterocycles. The summed E-state index contributed by atoms with van der Waals surface area (Å²) in [6.07, 6.45) is 0. The lowest BCUT2D eigenvalue weighted by Gasteiger charge is -1.93. The number of nitrogens with two attached hydrogens (primary N) is 1. The molecule has 1 fully saturated rings. The topological polar surface area (TPSA) is 55.1 Å². The van der Waals surface area contributed by atoms with Crippen LogP contribution in [-0.2, 0) is 4.79 Å².